The monoisotopic (exact) mass is 261 g/mol. The van der Waals surface area contributed by atoms with E-state index in [2.05, 4.69) is 30.5 Å². The second kappa shape index (κ2) is 5.28. The summed E-state index contributed by atoms with van der Waals surface area (Å²) in [5.74, 6) is 3.01. The number of hydrogen-bond acceptors (Lipinski definition) is 2. The summed E-state index contributed by atoms with van der Waals surface area (Å²) in [6.45, 7) is 5.39. The summed E-state index contributed by atoms with van der Waals surface area (Å²) in [5, 5.41) is 8.20. The molecule has 0 saturated heterocycles. The number of nitrogens with zero attached hydrogens (tertiary/aromatic N) is 2. The first-order valence-electron chi connectivity index (χ1n) is 7.91. The van der Waals surface area contributed by atoms with Gasteiger partial charge in [-0.15, -0.1) is 0 Å². The second-order valence-corrected chi connectivity index (χ2v) is 6.62. The SMILES string of the molecule is CCNC(CC1CC2CCC1C2)c1cn(C)nc1C. The first kappa shape index (κ1) is 13.2. The molecule has 0 aliphatic heterocycles. The molecule has 0 radical (unpaired) electrons. The summed E-state index contributed by atoms with van der Waals surface area (Å²) < 4.78 is 1.95. The fourth-order valence-corrected chi connectivity index (χ4v) is 4.49. The molecular weight excluding hydrogens is 234 g/mol. The lowest BCUT2D eigenvalue weighted by Crippen LogP contribution is -2.25. The zero-order valence-corrected chi connectivity index (χ0v) is 12.5. The van der Waals surface area contributed by atoms with Crippen molar-refractivity contribution in [1.29, 1.82) is 0 Å². The predicted molar refractivity (Wildman–Crippen MR) is 77.9 cm³/mol. The number of fused-ring (bicyclic) bond motifs is 2. The van der Waals surface area contributed by atoms with Gasteiger partial charge in [-0.2, -0.15) is 5.10 Å². The van der Waals surface area contributed by atoms with E-state index in [0.29, 0.717) is 6.04 Å². The Labute approximate surface area is 116 Å². The Kier molecular flexibility index (Phi) is 3.66. The molecule has 2 aliphatic rings. The molecule has 106 valence electrons. The van der Waals surface area contributed by atoms with Crippen molar-refractivity contribution < 1.29 is 0 Å². The fraction of sp³-hybridized carbons (Fsp3) is 0.812. The van der Waals surface area contributed by atoms with Crippen LogP contribution in [0.5, 0.6) is 0 Å². The third-order valence-corrected chi connectivity index (χ3v) is 5.30. The molecular formula is C16H27N3. The van der Waals surface area contributed by atoms with Crippen LogP contribution in [0.2, 0.25) is 0 Å². The van der Waals surface area contributed by atoms with Gasteiger partial charge < -0.3 is 5.32 Å². The highest BCUT2D eigenvalue weighted by atomic mass is 15.3. The fourth-order valence-electron chi connectivity index (χ4n) is 4.49. The molecule has 0 amide bonds. The minimum Gasteiger partial charge on any atom is -0.310 e. The summed E-state index contributed by atoms with van der Waals surface area (Å²) in [6.07, 6.45) is 9.48. The van der Waals surface area contributed by atoms with E-state index >= 15 is 0 Å². The normalized spacial score (nSPS) is 31.0. The van der Waals surface area contributed by atoms with Gasteiger partial charge in [-0.05, 0) is 56.9 Å². The summed E-state index contributed by atoms with van der Waals surface area (Å²) >= 11 is 0. The molecule has 3 nitrogen and oxygen atoms in total. The molecule has 3 rings (SSSR count). The molecule has 4 unspecified atom stereocenters. The maximum atomic E-state index is 4.51. The summed E-state index contributed by atoms with van der Waals surface area (Å²) in [7, 11) is 2.02. The van der Waals surface area contributed by atoms with Crippen molar-refractivity contribution in [3.63, 3.8) is 0 Å². The summed E-state index contributed by atoms with van der Waals surface area (Å²) in [5.41, 5.74) is 2.60. The van der Waals surface area contributed by atoms with E-state index in [1.165, 1.54) is 43.4 Å². The van der Waals surface area contributed by atoms with Crippen molar-refractivity contribution in [2.75, 3.05) is 6.54 Å². The van der Waals surface area contributed by atoms with Crippen molar-refractivity contribution in [1.82, 2.24) is 15.1 Å². The molecule has 2 aliphatic carbocycles. The average Bonchev–Trinajstić information content (AvgIpc) is 3.04. The van der Waals surface area contributed by atoms with Crippen LogP contribution >= 0.6 is 0 Å². The van der Waals surface area contributed by atoms with Crippen LogP contribution in [0.4, 0.5) is 0 Å². The quantitative estimate of drug-likeness (QED) is 0.882. The molecule has 3 heteroatoms. The standard InChI is InChI=1S/C16H27N3/c1-4-17-16(15-10-19(3)18-11(15)2)9-14-8-12-5-6-13(14)7-12/h10,12-14,16-17H,4-9H2,1-3H3. The topological polar surface area (TPSA) is 29.9 Å². The Morgan fingerprint density at radius 1 is 1.42 bits per heavy atom. The zero-order valence-electron chi connectivity index (χ0n) is 12.5. The van der Waals surface area contributed by atoms with E-state index in [9.17, 15) is 0 Å². The van der Waals surface area contributed by atoms with E-state index in [1.807, 2.05) is 11.7 Å². The first-order valence-corrected chi connectivity index (χ1v) is 7.91. The lowest BCUT2D eigenvalue weighted by molar-refractivity contribution is 0.280. The van der Waals surface area contributed by atoms with E-state index in [-0.39, 0.29) is 0 Å². The Bertz CT molecular complexity index is 437. The minimum atomic E-state index is 0.503. The zero-order chi connectivity index (χ0) is 13.4. The van der Waals surface area contributed by atoms with Crippen LogP contribution in [-0.2, 0) is 7.05 Å². The maximum Gasteiger partial charge on any atom is 0.0641 e. The van der Waals surface area contributed by atoms with Gasteiger partial charge in [-0.25, -0.2) is 0 Å². The van der Waals surface area contributed by atoms with Gasteiger partial charge in [0.25, 0.3) is 0 Å². The largest absolute Gasteiger partial charge is 0.310 e. The Hall–Kier alpha value is -0.830. The number of nitrogens with one attached hydrogen (secondary N) is 1. The van der Waals surface area contributed by atoms with E-state index in [0.717, 1.165) is 24.3 Å². The second-order valence-electron chi connectivity index (χ2n) is 6.62. The average molecular weight is 261 g/mol. The Morgan fingerprint density at radius 2 is 2.26 bits per heavy atom. The molecule has 19 heavy (non-hydrogen) atoms. The number of aromatic nitrogens is 2. The molecule has 4 atom stereocenters. The van der Waals surface area contributed by atoms with Crippen LogP contribution in [0.3, 0.4) is 0 Å². The van der Waals surface area contributed by atoms with Crippen LogP contribution in [0, 0.1) is 24.7 Å². The lowest BCUT2D eigenvalue weighted by atomic mass is 9.83. The Morgan fingerprint density at radius 3 is 2.79 bits per heavy atom. The molecule has 0 spiro atoms. The highest BCUT2D eigenvalue weighted by molar-refractivity contribution is 5.20. The third kappa shape index (κ3) is 2.58. The lowest BCUT2D eigenvalue weighted by Gasteiger charge is -2.27. The van der Waals surface area contributed by atoms with Gasteiger partial charge in [0.15, 0.2) is 0 Å². The van der Waals surface area contributed by atoms with Gasteiger partial charge >= 0.3 is 0 Å². The van der Waals surface area contributed by atoms with Crippen molar-refractivity contribution in [3.05, 3.63) is 17.5 Å². The molecule has 2 bridgehead atoms. The maximum absolute atomic E-state index is 4.51. The number of aryl methyl sites for hydroxylation is 2. The molecule has 0 aromatic carbocycles. The van der Waals surface area contributed by atoms with Gasteiger partial charge in [0.05, 0.1) is 5.69 Å². The van der Waals surface area contributed by atoms with Crippen molar-refractivity contribution >= 4 is 0 Å². The van der Waals surface area contributed by atoms with E-state index in [4.69, 9.17) is 0 Å². The van der Waals surface area contributed by atoms with Crippen molar-refractivity contribution in [2.24, 2.45) is 24.8 Å². The minimum absolute atomic E-state index is 0.503. The van der Waals surface area contributed by atoms with Gasteiger partial charge in [0, 0.05) is 24.8 Å². The highest BCUT2D eigenvalue weighted by Gasteiger charge is 2.40. The van der Waals surface area contributed by atoms with Crippen molar-refractivity contribution in [2.45, 2.75) is 52.0 Å². The van der Waals surface area contributed by atoms with Gasteiger partial charge in [-0.1, -0.05) is 13.3 Å². The van der Waals surface area contributed by atoms with Crippen LogP contribution < -0.4 is 5.32 Å². The molecule has 2 fully saturated rings. The van der Waals surface area contributed by atoms with Gasteiger partial charge in [-0.3, -0.25) is 4.68 Å². The summed E-state index contributed by atoms with van der Waals surface area (Å²) in [4.78, 5) is 0. The predicted octanol–water partition coefficient (Wildman–Crippen LogP) is 3.21. The molecule has 1 heterocycles. The number of hydrogen-bond donors (Lipinski definition) is 1. The van der Waals surface area contributed by atoms with Crippen LogP contribution in [0.15, 0.2) is 6.20 Å². The highest BCUT2D eigenvalue weighted by Crippen LogP contribution is 2.51. The van der Waals surface area contributed by atoms with Crippen LogP contribution in [0.1, 0.15) is 56.3 Å². The van der Waals surface area contributed by atoms with Crippen LogP contribution in [0.25, 0.3) is 0 Å². The molecule has 1 N–H and O–H groups in total. The van der Waals surface area contributed by atoms with Gasteiger partial charge in [0.1, 0.15) is 0 Å². The van der Waals surface area contributed by atoms with Crippen molar-refractivity contribution in [3.8, 4) is 0 Å². The molecule has 2 saturated carbocycles. The smallest absolute Gasteiger partial charge is 0.0641 e. The third-order valence-electron chi connectivity index (χ3n) is 5.30. The number of rotatable bonds is 5. The summed E-state index contributed by atoms with van der Waals surface area (Å²) in [6, 6.07) is 0.503. The molecule has 1 aromatic rings. The first-order chi connectivity index (χ1) is 9.17. The van der Waals surface area contributed by atoms with E-state index in [1.54, 1.807) is 0 Å². The van der Waals surface area contributed by atoms with E-state index < -0.39 is 0 Å². The van der Waals surface area contributed by atoms with Gasteiger partial charge in [0.2, 0.25) is 0 Å². The van der Waals surface area contributed by atoms with Crippen LogP contribution in [-0.4, -0.2) is 16.3 Å². The Balaban J connectivity index is 1.72. The molecule has 1 aromatic heterocycles.